The van der Waals surface area contributed by atoms with Crippen molar-refractivity contribution in [2.75, 3.05) is 18.4 Å². The van der Waals surface area contributed by atoms with Crippen LogP contribution >= 0.6 is 0 Å². The van der Waals surface area contributed by atoms with Crippen LogP contribution in [-0.4, -0.2) is 44.9 Å². The van der Waals surface area contributed by atoms with Gasteiger partial charge in [-0.1, -0.05) is 6.07 Å². The van der Waals surface area contributed by atoms with Crippen LogP contribution < -0.4 is 5.32 Å². The first kappa shape index (κ1) is 16.0. The Balaban J connectivity index is 1.32. The van der Waals surface area contributed by atoms with Crippen molar-refractivity contribution in [2.24, 2.45) is 11.8 Å². The lowest BCUT2D eigenvalue weighted by Gasteiger charge is -2.22. The van der Waals surface area contributed by atoms with Crippen LogP contribution in [0.2, 0.25) is 0 Å². The monoisotopic (exact) mass is 337 g/mol. The molecule has 3 heterocycles. The fourth-order valence-electron chi connectivity index (χ4n) is 4.17. The predicted molar refractivity (Wildman–Crippen MR) is 94.8 cm³/mol. The minimum Gasteiger partial charge on any atom is -0.366 e. The topological polar surface area (TPSA) is 71.0 Å². The van der Waals surface area contributed by atoms with Crippen molar-refractivity contribution in [2.45, 2.75) is 31.7 Å². The van der Waals surface area contributed by atoms with Gasteiger partial charge >= 0.3 is 0 Å². The molecule has 1 aliphatic heterocycles. The highest BCUT2D eigenvalue weighted by molar-refractivity contribution is 5.76. The zero-order chi connectivity index (χ0) is 17.1. The maximum Gasteiger partial charge on any atom is 0.222 e. The molecule has 6 nitrogen and oxygen atoms in total. The van der Waals surface area contributed by atoms with E-state index in [1.165, 1.54) is 6.42 Å². The molecule has 25 heavy (non-hydrogen) atoms. The van der Waals surface area contributed by atoms with E-state index in [-0.39, 0.29) is 5.91 Å². The van der Waals surface area contributed by atoms with E-state index in [0.29, 0.717) is 24.3 Å². The SMILES string of the molecule is O=C(CCc1cccnc1)N1C[C@@H]2CC[C@@H](Nc3cnccn3)[C@@H]2C1. The lowest BCUT2D eigenvalue weighted by atomic mass is 9.98. The van der Waals surface area contributed by atoms with Crippen LogP contribution in [-0.2, 0) is 11.2 Å². The standard InChI is InChI=1S/C19H23N5O/c25-19(6-3-14-2-1-7-20-10-14)24-12-15-4-5-17(16(15)13-24)23-18-11-21-8-9-22-18/h1-2,7-11,15-17H,3-6,12-13H2,(H,22,23)/t15-,16+,17+/m0/s1. The van der Waals surface area contributed by atoms with Gasteiger partial charge in [-0.25, -0.2) is 4.98 Å². The molecule has 130 valence electrons. The molecule has 1 amide bonds. The van der Waals surface area contributed by atoms with Gasteiger partial charge in [-0.3, -0.25) is 14.8 Å². The molecular formula is C19H23N5O. The van der Waals surface area contributed by atoms with E-state index in [1.54, 1.807) is 24.8 Å². The summed E-state index contributed by atoms with van der Waals surface area (Å²) >= 11 is 0. The number of nitrogens with zero attached hydrogens (tertiary/aromatic N) is 4. The van der Waals surface area contributed by atoms with Gasteiger partial charge in [0.1, 0.15) is 5.82 Å². The maximum atomic E-state index is 12.6. The Hall–Kier alpha value is -2.50. The van der Waals surface area contributed by atoms with Gasteiger partial charge in [0.25, 0.3) is 0 Å². The molecule has 0 unspecified atom stereocenters. The molecule has 1 aliphatic carbocycles. The Bertz CT molecular complexity index is 708. The number of aromatic nitrogens is 3. The molecule has 3 atom stereocenters. The van der Waals surface area contributed by atoms with E-state index in [1.807, 2.05) is 18.3 Å². The number of aryl methyl sites for hydroxylation is 1. The zero-order valence-electron chi connectivity index (χ0n) is 14.2. The van der Waals surface area contributed by atoms with Crippen molar-refractivity contribution >= 4 is 11.7 Å². The summed E-state index contributed by atoms with van der Waals surface area (Å²) in [7, 11) is 0. The Morgan fingerprint density at radius 2 is 2.08 bits per heavy atom. The van der Waals surface area contributed by atoms with Crippen molar-refractivity contribution in [3.8, 4) is 0 Å². The molecule has 1 N–H and O–H groups in total. The van der Waals surface area contributed by atoms with Gasteiger partial charge in [-0.2, -0.15) is 0 Å². The third-order valence-electron chi connectivity index (χ3n) is 5.46. The minimum absolute atomic E-state index is 0.261. The van der Waals surface area contributed by atoms with Crippen LogP contribution in [0.15, 0.2) is 43.1 Å². The van der Waals surface area contributed by atoms with E-state index in [0.717, 1.165) is 37.3 Å². The van der Waals surface area contributed by atoms with Crippen LogP contribution in [0.25, 0.3) is 0 Å². The molecule has 0 radical (unpaired) electrons. The molecule has 2 fully saturated rings. The van der Waals surface area contributed by atoms with E-state index in [9.17, 15) is 4.79 Å². The van der Waals surface area contributed by atoms with Crippen LogP contribution in [0.5, 0.6) is 0 Å². The zero-order valence-corrected chi connectivity index (χ0v) is 14.2. The van der Waals surface area contributed by atoms with E-state index >= 15 is 0 Å². The summed E-state index contributed by atoms with van der Waals surface area (Å²) in [5.41, 5.74) is 1.12. The number of pyridine rings is 1. The summed E-state index contributed by atoms with van der Waals surface area (Å²) in [6, 6.07) is 4.33. The summed E-state index contributed by atoms with van der Waals surface area (Å²) in [4.78, 5) is 27.2. The van der Waals surface area contributed by atoms with Crippen LogP contribution in [0, 0.1) is 11.8 Å². The summed E-state index contributed by atoms with van der Waals surface area (Å²) in [6.07, 6.45) is 12.4. The number of fused-ring (bicyclic) bond motifs is 1. The number of carbonyl (C=O) groups excluding carboxylic acids is 1. The Labute approximate surface area is 147 Å². The fraction of sp³-hybridized carbons (Fsp3) is 0.474. The van der Waals surface area contributed by atoms with Crippen molar-refractivity contribution in [3.05, 3.63) is 48.7 Å². The molecule has 0 bridgehead atoms. The molecule has 2 aliphatic rings. The summed E-state index contributed by atoms with van der Waals surface area (Å²) < 4.78 is 0. The first-order chi connectivity index (χ1) is 12.3. The highest BCUT2D eigenvalue weighted by Gasteiger charge is 2.43. The summed E-state index contributed by atoms with van der Waals surface area (Å²) in [5.74, 6) is 2.21. The smallest absolute Gasteiger partial charge is 0.222 e. The molecule has 2 aromatic rings. The predicted octanol–water partition coefficient (Wildman–Crippen LogP) is 2.15. The first-order valence-electron chi connectivity index (χ1n) is 8.99. The first-order valence-corrected chi connectivity index (χ1v) is 8.99. The third kappa shape index (κ3) is 3.62. The number of likely N-dealkylation sites (tertiary alicyclic amines) is 1. The number of hydrogen-bond donors (Lipinski definition) is 1. The number of amides is 1. The van der Waals surface area contributed by atoms with Gasteiger partial charge in [0.05, 0.1) is 6.20 Å². The molecule has 0 aromatic carbocycles. The van der Waals surface area contributed by atoms with Crippen LogP contribution in [0.4, 0.5) is 5.82 Å². The molecule has 1 saturated heterocycles. The van der Waals surface area contributed by atoms with Crippen LogP contribution in [0.3, 0.4) is 0 Å². The Morgan fingerprint density at radius 1 is 1.16 bits per heavy atom. The molecule has 0 spiro atoms. The summed E-state index contributed by atoms with van der Waals surface area (Å²) in [5, 5.41) is 3.51. The molecule has 2 aromatic heterocycles. The molecule has 4 rings (SSSR count). The molecule has 1 saturated carbocycles. The van der Waals surface area contributed by atoms with Crippen molar-refractivity contribution in [1.29, 1.82) is 0 Å². The normalized spacial score (nSPS) is 25.0. The van der Waals surface area contributed by atoms with E-state index < -0.39 is 0 Å². The summed E-state index contributed by atoms with van der Waals surface area (Å²) in [6.45, 7) is 1.75. The third-order valence-corrected chi connectivity index (χ3v) is 5.46. The largest absolute Gasteiger partial charge is 0.366 e. The lowest BCUT2D eigenvalue weighted by molar-refractivity contribution is -0.130. The van der Waals surface area contributed by atoms with Crippen molar-refractivity contribution in [3.63, 3.8) is 0 Å². The second kappa shape index (κ2) is 7.17. The highest BCUT2D eigenvalue weighted by atomic mass is 16.2. The lowest BCUT2D eigenvalue weighted by Crippen LogP contribution is -2.33. The van der Waals surface area contributed by atoms with Gasteiger partial charge in [0, 0.05) is 56.3 Å². The second-order valence-corrected chi connectivity index (χ2v) is 7.00. The maximum absolute atomic E-state index is 12.6. The average molecular weight is 337 g/mol. The highest BCUT2D eigenvalue weighted by Crippen LogP contribution is 2.39. The van der Waals surface area contributed by atoms with E-state index in [4.69, 9.17) is 0 Å². The van der Waals surface area contributed by atoms with Gasteiger partial charge in [0.2, 0.25) is 5.91 Å². The van der Waals surface area contributed by atoms with E-state index in [2.05, 4.69) is 25.2 Å². The Kier molecular flexibility index (Phi) is 4.59. The minimum atomic E-state index is 0.261. The van der Waals surface area contributed by atoms with Gasteiger partial charge in [-0.15, -0.1) is 0 Å². The van der Waals surface area contributed by atoms with Crippen molar-refractivity contribution < 1.29 is 4.79 Å². The molecular weight excluding hydrogens is 314 g/mol. The number of rotatable bonds is 5. The average Bonchev–Trinajstić information content (AvgIpc) is 3.24. The molecule has 6 heteroatoms. The Morgan fingerprint density at radius 3 is 2.88 bits per heavy atom. The van der Waals surface area contributed by atoms with Gasteiger partial charge in [-0.05, 0) is 36.8 Å². The number of hydrogen-bond acceptors (Lipinski definition) is 5. The number of carbonyl (C=O) groups is 1. The quantitative estimate of drug-likeness (QED) is 0.905. The van der Waals surface area contributed by atoms with Gasteiger partial charge < -0.3 is 10.2 Å². The number of anilines is 1. The second-order valence-electron chi connectivity index (χ2n) is 7.00. The number of nitrogens with one attached hydrogen (secondary N) is 1. The van der Waals surface area contributed by atoms with Gasteiger partial charge in [0.15, 0.2) is 0 Å². The van der Waals surface area contributed by atoms with Crippen LogP contribution in [0.1, 0.15) is 24.8 Å². The fourth-order valence-corrected chi connectivity index (χ4v) is 4.17. The van der Waals surface area contributed by atoms with Crippen molar-refractivity contribution in [1.82, 2.24) is 19.9 Å².